The quantitative estimate of drug-likeness (QED) is 0.577. The van der Waals surface area contributed by atoms with Gasteiger partial charge in [-0.1, -0.05) is 46.1 Å². The lowest BCUT2D eigenvalue weighted by atomic mass is 10.2. The molecule has 1 rings (SSSR count). The number of hydrogen-bond acceptors (Lipinski definition) is 3. The van der Waals surface area contributed by atoms with Crippen molar-refractivity contribution in [2.75, 3.05) is 23.8 Å². The van der Waals surface area contributed by atoms with Gasteiger partial charge in [-0.05, 0) is 30.5 Å². The van der Waals surface area contributed by atoms with Crippen molar-refractivity contribution in [3.8, 4) is 0 Å². The third-order valence-electron chi connectivity index (χ3n) is 3.23. The van der Waals surface area contributed by atoms with Crippen molar-refractivity contribution in [3.63, 3.8) is 0 Å². The number of ether oxygens (including phenoxy) is 1. The molecular formula is C18H29N3O3. The highest BCUT2D eigenvalue weighted by Crippen LogP contribution is 2.15. The molecular weight excluding hydrogens is 306 g/mol. The highest BCUT2D eigenvalue weighted by atomic mass is 16.5. The van der Waals surface area contributed by atoms with Crippen molar-refractivity contribution in [1.29, 1.82) is 0 Å². The summed E-state index contributed by atoms with van der Waals surface area (Å²) in [5.41, 5.74) is 1.19. The van der Waals surface area contributed by atoms with Crippen LogP contribution >= 0.6 is 0 Å². The van der Waals surface area contributed by atoms with Gasteiger partial charge in [0.2, 0.25) is 0 Å². The van der Waals surface area contributed by atoms with E-state index in [1.807, 2.05) is 13.8 Å². The Hall–Kier alpha value is -2.24. The number of urea groups is 1. The summed E-state index contributed by atoms with van der Waals surface area (Å²) in [6, 6.07) is 6.71. The Kier molecular flexibility index (Phi) is 9.34. The van der Waals surface area contributed by atoms with Crippen LogP contribution in [0.4, 0.5) is 21.0 Å². The van der Waals surface area contributed by atoms with Crippen LogP contribution in [0.3, 0.4) is 0 Å². The molecule has 0 aliphatic heterocycles. The second-order valence-electron chi connectivity index (χ2n) is 6.14. The van der Waals surface area contributed by atoms with Gasteiger partial charge < -0.3 is 15.4 Å². The first-order valence-electron chi connectivity index (χ1n) is 8.60. The van der Waals surface area contributed by atoms with E-state index in [1.165, 1.54) is 12.8 Å². The van der Waals surface area contributed by atoms with Crippen LogP contribution in [0.15, 0.2) is 24.3 Å². The topological polar surface area (TPSA) is 79.5 Å². The number of nitrogens with one attached hydrogen (secondary N) is 3. The van der Waals surface area contributed by atoms with E-state index in [-0.39, 0.29) is 11.9 Å². The highest BCUT2D eigenvalue weighted by molar-refractivity contribution is 5.91. The predicted molar refractivity (Wildman–Crippen MR) is 97.4 cm³/mol. The summed E-state index contributed by atoms with van der Waals surface area (Å²) < 4.78 is 5.06. The number of carbonyl (C=O) groups is 2. The van der Waals surface area contributed by atoms with Crippen LogP contribution in [-0.2, 0) is 4.74 Å². The fraction of sp³-hybridized carbons (Fsp3) is 0.556. The smallest absolute Gasteiger partial charge is 0.411 e. The summed E-state index contributed by atoms with van der Waals surface area (Å²) >= 11 is 0. The normalized spacial score (nSPS) is 10.3. The van der Waals surface area contributed by atoms with Gasteiger partial charge in [-0.25, -0.2) is 9.59 Å². The average molecular weight is 335 g/mol. The Labute approximate surface area is 144 Å². The number of anilines is 2. The molecule has 6 nitrogen and oxygen atoms in total. The Morgan fingerprint density at radius 2 is 1.79 bits per heavy atom. The van der Waals surface area contributed by atoms with Crippen molar-refractivity contribution in [1.82, 2.24) is 5.32 Å². The summed E-state index contributed by atoms with van der Waals surface area (Å²) in [5, 5.41) is 8.22. The van der Waals surface area contributed by atoms with Crippen LogP contribution in [0, 0.1) is 5.92 Å². The molecule has 0 fully saturated rings. The van der Waals surface area contributed by atoms with Crippen LogP contribution in [0.1, 0.15) is 46.5 Å². The summed E-state index contributed by atoms with van der Waals surface area (Å²) in [5.74, 6) is 0.282. The maximum Gasteiger partial charge on any atom is 0.411 e. The first kappa shape index (κ1) is 19.8. The monoisotopic (exact) mass is 335 g/mol. The molecule has 0 radical (unpaired) electrons. The van der Waals surface area contributed by atoms with E-state index < -0.39 is 6.09 Å². The number of hydrogen-bond donors (Lipinski definition) is 3. The van der Waals surface area contributed by atoms with Gasteiger partial charge in [-0.15, -0.1) is 0 Å². The molecule has 1 aromatic rings. The average Bonchev–Trinajstić information content (AvgIpc) is 2.53. The highest BCUT2D eigenvalue weighted by Gasteiger charge is 2.06. The first-order valence-corrected chi connectivity index (χ1v) is 8.60. The van der Waals surface area contributed by atoms with Gasteiger partial charge in [-0.2, -0.15) is 0 Å². The summed E-state index contributed by atoms with van der Waals surface area (Å²) in [6.45, 7) is 7.12. The zero-order valence-corrected chi connectivity index (χ0v) is 14.9. The van der Waals surface area contributed by atoms with Crippen LogP contribution in [-0.4, -0.2) is 25.3 Å². The molecule has 0 atom stereocenters. The van der Waals surface area contributed by atoms with Crippen molar-refractivity contribution in [2.24, 2.45) is 5.92 Å². The molecule has 24 heavy (non-hydrogen) atoms. The minimum atomic E-state index is -0.499. The fourth-order valence-electron chi connectivity index (χ4n) is 2.00. The third-order valence-corrected chi connectivity index (χ3v) is 3.23. The van der Waals surface area contributed by atoms with Gasteiger partial charge in [0, 0.05) is 17.9 Å². The molecule has 0 saturated heterocycles. The summed E-state index contributed by atoms with van der Waals surface area (Å²) in [6.07, 6.45) is 3.95. The Bertz CT molecular complexity index is 518. The second kappa shape index (κ2) is 11.3. The summed E-state index contributed by atoms with van der Waals surface area (Å²) in [4.78, 5) is 23.5. The van der Waals surface area contributed by atoms with Crippen LogP contribution < -0.4 is 16.0 Å². The molecule has 0 aliphatic carbocycles. The number of benzene rings is 1. The molecule has 0 bridgehead atoms. The van der Waals surface area contributed by atoms with E-state index in [0.29, 0.717) is 24.5 Å². The lowest BCUT2D eigenvalue weighted by Crippen LogP contribution is -2.29. The number of amides is 3. The molecule has 0 spiro atoms. The van der Waals surface area contributed by atoms with Crippen molar-refractivity contribution >= 4 is 23.5 Å². The maximum atomic E-state index is 11.8. The molecule has 0 saturated carbocycles. The molecule has 6 heteroatoms. The summed E-state index contributed by atoms with van der Waals surface area (Å²) in [7, 11) is 0. The third kappa shape index (κ3) is 9.02. The van der Waals surface area contributed by atoms with Gasteiger partial charge in [0.15, 0.2) is 0 Å². The van der Waals surface area contributed by atoms with Crippen LogP contribution in [0.5, 0.6) is 0 Å². The molecule has 0 unspecified atom stereocenters. The molecule has 0 aliphatic rings. The van der Waals surface area contributed by atoms with E-state index in [0.717, 1.165) is 12.8 Å². The molecule has 0 aromatic heterocycles. The van der Waals surface area contributed by atoms with Crippen molar-refractivity contribution < 1.29 is 14.3 Å². The number of rotatable bonds is 9. The van der Waals surface area contributed by atoms with Gasteiger partial charge in [0.25, 0.3) is 0 Å². The Balaban J connectivity index is 2.38. The van der Waals surface area contributed by atoms with E-state index in [9.17, 15) is 9.59 Å². The molecule has 3 N–H and O–H groups in total. The number of carbonyl (C=O) groups excluding carboxylic acids is 2. The molecule has 3 amide bonds. The minimum absolute atomic E-state index is 0.244. The lowest BCUT2D eigenvalue weighted by Gasteiger charge is -2.11. The Morgan fingerprint density at radius 3 is 2.46 bits per heavy atom. The zero-order valence-electron chi connectivity index (χ0n) is 14.9. The first-order chi connectivity index (χ1) is 11.5. The van der Waals surface area contributed by atoms with Gasteiger partial charge in [0.1, 0.15) is 0 Å². The Morgan fingerprint density at radius 1 is 1.08 bits per heavy atom. The van der Waals surface area contributed by atoms with E-state index in [1.54, 1.807) is 24.3 Å². The van der Waals surface area contributed by atoms with E-state index in [2.05, 4.69) is 22.9 Å². The largest absolute Gasteiger partial charge is 0.449 e. The van der Waals surface area contributed by atoms with E-state index in [4.69, 9.17) is 4.74 Å². The maximum absolute atomic E-state index is 11.8. The molecule has 0 heterocycles. The van der Waals surface area contributed by atoms with E-state index >= 15 is 0 Å². The lowest BCUT2D eigenvalue weighted by molar-refractivity contribution is 0.147. The van der Waals surface area contributed by atoms with Crippen molar-refractivity contribution in [2.45, 2.75) is 46.5 Å². The van der Waals surface area contributed by atoms with Crippen LogP contribution in [0.25, 0.3) is 0 Å². The fourth-order valence-corrected chi connectivity index (χ4v) is 2.00. The SMILES string of the molecule is CCCCCCNC(=O)Nc1cccc(NC(=O)OCC(C)C)c1. The molecule has 134 valence electrons. The predicted octanol–water partition coefficient (Wildman–Crippen LogP) is 4.59. The van der Waals surface area contributed by atoms with Crippen LogP contribution in [0.2, 0.25) is 0 Å². The molecule has 1 aromatic carbocycles. The van der Waals surface area contributed by atoms with Crippen molar-refractivity contribution in [3.05, 3.63) is 24.3 Å². The second-order valence-corrected chi connectivity index (χ2v) is 6.14. The zero-order chi connectivity index (χ0) is 17.8. The standard InChI is InChI=1S/C18H29N3O3/c1-4-5-6-7-11-19-17(22)20-15-9-8-10-16(12-15)21-18(23)24-13-14(2)3/h8-10,12,14H,4-7,11,13H2,1-3H3,(H,21,23)(H2,19,20,22). The van der Waals surface area contributed by atoms with Gasteiger partial charge >= 0.3 is 12.1 Å². The number of unbranched alkanes of at least 4 members (excludes halogenated alkanes) is 3. The minimum Gasteiger partial charge on any atom is -0.449 e. The van der Waals surface area contributed by atoms with Gasteiger partial charge in [0.05, 0.1) is 6.61 Å². The van der Waals surface area contributed by atoms with Gasteiger partial charge in [-0.3, -0.25) is 5.32 Å².